The van der Waals surface area contributed by atoms with Crippen molar-refractivity contribution < 1.29 is 4.92 Å². The summed E-state index contributed by atoms with van der Waals surface area (Å²) in [5, 5.41) is 13.6. The van der Waals surface area contributed by atoms with E-state index >= 15 is 0 Å². The van der Waals surface area contributed by atoms with Crippen LogP contribution in [0.25, 0.3) is 0 Å². The standard InChI is InChI=1S/C15H16ClN3O2S/c16-13-1-3-14(4-2-13)18-7-5-17(6-8-18)10-12-9-15(19(20)21)22-11-12/h1-4,9,11H,5-8,10H2. The van der Waals surface area contributed by atoms with Gasteiger partial charge in [-0.1, -0.05) is 22.9 Å². The minimum Gasteiger partial charge on any atom is -0.369 e. The van der Waals surface area contributed by atoms with E-state index in [9.17, 15) is 10.1 Å². The van der Waals surface area contributed by atoms with Crippen molar-refractivity contribution in [3.63, 3.8) is 0 Å². The predicted molar refractivity (Wildman–Crippen MR) is 89.9 cm³/mol. The molecule has 0 amide bonds. The number of hydrogen-bond donors (Lipinski definition) is 0. The van der Waals surface area contributed by atoms with Crippen LogP contribution in [0.2, 0.25) is 5.02 Å². The second-order valence-electron chi connectivity index (χ2n) is 5.29. The van der Waals surface area contributed by atoms with Gasteiger partial charge in [0.1, 0.15) is 0 Å². The fourth-order valence-corrected chi connectivity index (χ4v) is 3.46. The van der Waals surface area contributed by atoms with Crippen molar-refractivity contribution >= 4 is 33.6 Å². The second-order valence-corrected chi connectivity index (χ2v) is 6.62. The molecule has 2 aromatic rings. The fourth-order valence-electron chi connectivity index (χ4n) is 2.62. The van der Waals surface area contributed by atoms with Crippen molar-refractivity contribution in [3.05, 3.63) is 56.4 Å². The van der Waals surface area contributed by atoms with E-state index in [1.165, 1.54) is 17.0 Å². The molecule has 0 N–H and O–H groups in total. The number of benzene rings is 1. The quantitative estimate of drug-likeness (QED) is 0.631. The molecule has 0 bridgehead atoms. The minimum atomic E-state index is -0.327. The summed E-state index contributed by atoms with van der Waals surface area (Å²) in [6, 6.07) is 9.58. The van der Waals surface area contributed by atoms with Crippen LogP contribution in [0.1, 0.15) is 5.56 Å². The average Bonchev–Trinajstić information content (AvgIpc) is 2.98. The second kappa shape index (κ2) is 6.64. The van der Waals surface area contributed by atoms with Crippen LogP contribution in [0, 0.1) is 10.1 Å². The zero-order valence-corrected chi connectivity index (χ0v) is 13.5. The van der Waals surface area contributed by atoms with Gasteiger partial charge in [0, 0.05) is 54.9 Å². The maximum Gasteiger partial charge on any atom is 0.324 e. The largest absolute Gasteiger partial charge is 0.369 e. The van der Waals surface area contributed by atoms with E-state index in [2.05, 4.69) is 9.80 Å². The van der Waals surface area contributed by atoms with Crippen LogP contribution < -0.4 is 4.90 Å². The highest BCUT2D eigenvalue weighted by atomic mass is 35.5. The lowest BCUT2D eigenvalue weighted by Crippen LogP contribution is -2.45. The number of anilines is 1. The summed E-state index contributed by atoms with van der Waals surface area (Å²) in [5.41, 5.74) is 2.21. The number of piperazine rings is 1. The molecule has 0 spiro atoms. The summed E-state index contributed by atoms with van der Waals surface area (Å²) in [7, 11) is 0. The van der Waals surface area contributed by atoms with Crippen LogP contribution in [0.3, 0.4) is 0 Å². The van der Waals surface area contributed by atoms with Crippen molar-refractivity contribution in [2.24, 2.45) is 0 Å². The molecule has 3 rings (SSSR count). The van der Waals surface area contributed by atoms with Gasteiger partial charge in [0.05, 0.1) is 4.92 Å². The lowest BCUT2D eigenvalue weighted by atomic mass is 10.2. The molecule has 0 saturated carbocycles. The Morgan fingerprint density at radius 2 is 1.86 bits per heavy atom. The first-order valence-corrected chi connectivity index (χ1v) is 8.32. The number of hydrogen-bond acceptors (Lipinski definition) is 5. The maximum absolute atomic E-state index is 10.7. The first-order chi connectivity index (χ1) is 10.6. The Morgan fingerprint density at radius 1 is 1.18 bits per heavy atom. The molecule has 1 fully saturated rings. The molecule has 1 saturated heterocycles. The summed E-state index contributed by atoms with van der Waals surface area (Å²) in [5.74, 6) is 0. The van der Waals surface area contributed by atoms with Gasteiger partial charge in [-0.25, -0.2) is 0 Å². The Kier molecular flexibility index (Phi) is 4.61. The van der Waals surface area contributed by atoms with E-state index < -0.39 is 0 Å². The van der Waals surface area contributed by atoms with Crippen molar-refractivity contribution in [3.8, 4) is 0 Å². The van der Waals surface area contributed by atoms with Gasteiger partial charge in [0.2, 0.25) is 0 Å². The normalized spacial score (nSPS) is 16.0. The number of nitro groups is 1. The maximum atomic E-state index is 10.7. The molecular weight excluding hydrogens is 322 g/mol. The predicted octanol–water partition coefficient (Wildman–Crippen LogP) is 3.63. The summed E-state index contributed by atoms with van der Waals surface area (Å²) >= 11 is 7.11. The highest BCUT2D eigenvalue weighted by molar-refractivity contribution is 7.13. The molecule has 116 valence electrons. The van der Waals surface area contributed by atoms with E-state index in [4.69, 9.17) is 11.6 Å². The van der Waals surface area contributed by atoms with Crippen LogP contribution in [-0.4, -0.2) is 36.0 Å². The Balaban J connectivity index is 1.55. The minimum absolute atomic E-state index is 0.217. The van der Waals surface area contributed by atoms with Crippen LogP contribution >= 0.6 is 22.9 Å². The average molecular weight is 338 g/mol. The molecule has 2 heterocycles. The number of thiophene rings is 1. The smallest absolute Gasteiger partial charge is 0.324 e. The molecular formula is C15H16ClN3O2S. The lowest BCUT2D eigenvalue weighted by molar-refractivity contribution is -0.380. The molecule has 0 atom stereocenters. The number of nitrogens with zero attached hydrogens (tertiary/aromatic N) is 3. The van der Waals surface area contributed by atoms with E-state index in [1.54, 1.807) is 6.07 Å². The van der Waals surface area contributed by atoms with E-state index in [0.29, 0.717) is 0 Å². The van der Waals surface area contributed by atoms with Gasteiger partial charge in [-0.05, 0) is 29.8 Å². The lowest BCUT2D eigenvalue weighted by Gasteiger charge is -2.36. The van der Waals surface area contributed by atoms with Gasteiger partial charge in [-0.3, -0.25) is 15.0 Å². The molecule has 0 aliphatic carbocycles. The molecule has 0 unspecified atom stereocenters. The van der Waals surface area contributed by atoms with Gasteiger partial charge in [-0.15, -0.1) is 0 Å². The Labute approximate surface area is 137 Å². The zero-order valence-electron chi connectivity index (χ0n) is 11.9. The van der Waals surface area contributed by atoms with Crippen LogP contribution in [0.5, 0.6) is 0 Å². The van der Waals surface area contributed by atoms with Crippen molar-refractivity contribution in [1.29, 1.82) is 0 Å². The Bertz CT molecular complexity index is 651. The third-order valence-electron chi connectivity index (χ3n) is 3.79. The molecule has 1 aliphatic rings. The van der Waals surface area contributed by atoms with Crippen molar-refractivity contribution in [2.75, 3.05) is 31.1 Å². The summed E-state index contributed by atoms with van der Waals surface area (Å²) in [6.45, 7) is 4.58. The Morgan fingerprint density at radius 3 is 2.45 bits per heavy atom. The first-order valence-electron chi connectivity index (χ1n) is 7.06. The van der Waals surface area contributed by atoms with Gasteiger partial charge >= 0.3 is 5.00 Å². The summed E-state index contributed by atoms with van der Waals surface area (Å²) in [6.07, 6.45) is 0. The summed E-state index contributed by atoms with van der Waals surface area (Å²) in [4.78, 5) is 15.1. The van der Waals surface area contributed by atoms with Gasteiger partial charge in [0.15, 0.2) is 0 Å². The third-order valence-corrected chi connectivity index (χ3v) is 4.97. The molecule has 1 aliphatic heterocycles. The molecule has 1 aromatic carbocycles. The SMILES string of the molecule is O=[N+]([O-])c1cc(CN2CCN(c3ccc(Cl)cc3)CC2)cs1. The molecule has 5 nitrogen and oxygen atoms in total. The van der Waals surface area contributed by atoms with Crippen molar-refractivity contribution in [2.45, 2.75) is 6.54 Å². The van der Waals surface area contributed by atoms with E-state index in [1.807, 2.05) is 29.6 Å². The third kappa shape index (κ3) is 3.58. The molecule has 7 heteroatoms. The highest BCUT2D eigenvalue weighted by Gasteiger charge is 2.18. The van der Waals surface area contributed by atoms with E-state index in [0.717, 1.165) is 43.3 Å². The van der Waals surface area contributed by atoms with E-state index in [-0.39, 0.29) is 9.92 Å². The monoisotopic (exact) mass is 337 g/mol. The van der Waals surface area contributed by atoms with Crippen molar-refractivity contribution in [1.82, 2.24) is 4.90 Å². The topological polar surface area (TPSA) is 49.6 Å². The van der Waals surface area contributed by atoms with Crippen LogP contribution in [0.4, 0.5) is 10.7 Å². The van der Waals surface area contributed by atoms with Crippen LogP contribution in [-0.2, 0) is 6.54 Å². The molecule has 22 heavy (non-hydrogen) atoms. The van der Waals surface area contributed by atoms with Gasteiger partial charge < -0.3 is 4.90 Å². The highest BCUT2D eigenvalue weighted by Crippen LogP contribution is 2.24. The zero-order chi connectivity index (χ0) is 15.5. The van der Waals surface area contributed by atoms with Gasteiger partial charge in [0.25, 0.3) is 0 Å². The van der Waals surface area contributed by atoms with Crippen LogP contribution in [0.15, 0.2) is 35.7 Å². The fraction of sp³-hybridized carbons (Fsp3) is 0.333. The molecule has 0 radical (unpaired) electrons. The van der Waals surface area contributed by atoms with Gasteiger partial charge in [-0.2, -0.15) is 0 Å². The molecule has 1 aromatic heterocycles. The number of halogens is 1. The first kappa shape index (κ1) is 15.3. The summed E-state index contributed by atoms with van der Waals surface area (Å²) < 4.78 is 0. The number of rotatable bonds is 4. The Hall–Kier alpha value is -1.63.